The zero-order valence-electron chi connectivity index (χ0n) is 8.71. The molecule has 0 fully saturated rings. The fourth-order valence-corrected chi connectivity index (χ4v) is 1.48. The molecule has 0 aromatic heterocycles. The molecule has 1 aromatic carbocycles. The number of hydrogen-bond acceptors (Lipinski definition) is 1. The van der Waals surface area contributed by atoms with Crippen molar-refractivity contribution >= 4 is 0 Å². The molecule has 96 valence electrons. The molecule has 0 heterocycles. The molecule has 0 aliphatic heterocycles. The maximum Gasteiger partial charge on any atom is 0.416 e. The minimum Gasteiger partial charge on any atom is -0.326 e. The lowest BCUT2D eigenvalue weighted by Gasteiger charge is -2.17. The van der Waals surface area contributed by atoms with Crippen molar-refractivity contribution in [3.8, 4) is 0 Å². The van der Waals surface area contributed by atoms with Crippen LogP contribution in [0.15, 0.2) is 12.1 Å². The molecule has 0 atom stereocenters. The molecular weight excluding hydrogens is 248 g/mol. The van der Waals surface area contributed by atoms with E-state index in [0.29, 0.717) is 12.1 Å². The lowest BCUT2D eigenvalue weighted by atomic mass is 9.98. The first-order valence-corrected chi connectivity index (χ1v) is 4.55. The molecule has 0 amide bonds. The van der Waals surface area contributed by atoms with Gasteiger partial charge in [-0.05, 0) is 30.2 Å². The molecule has 0 unspecified atom stereocenters. The van der Waals surface area contributed by atoms with Gasteiger partial charge >= 0.3 is 12.4 Å². The Morgan fingerprint density at radius 3 is 1.53 bits per heavy atom. The summed E-state index contributed by atoms with van der Waals surface area (Å²) in [5.74, 6) is 0. The molecule has 1 aromatic rings. The first-order valence-electron chi connectivity index (χ1n) is 4.55. The quantitative estimate of drug-likeness (QED) is 0.766. The van der Waals surface area contributed by atoms with Gasteiger partial charge in [0.15, 0.2) is 0 Å². The molecule has 17 heavy (non-hydrogen) atoms. The van der Waals surface area contributed by atoms with Crippen molar-refractivity contribution in [2.45, 2.75) is 25.8 Å². The van der Waals surface area contributed by atoms with E-state index in [9.17, 15) is 26.3 Å². The van der Waals surface area contributed by atoms with Crippen LogP contribution in [0.1, 0.15) is 22.3 Å². The van der Waals surface area contributed by atoms with E-state index >= 15 is 0 Å². The molecule has 0 saturated heterocycles. The standard InChI is InChI=1S/C10H9F6N/c1-5-7(9(11,12)13)2-6(4-17)3-8(5)10(14,15)16/h2-3H,4,17H2,1H3. The predicted molar refractivity (Wildman–Crippen MR) is 49.1 cm³/mol. The average Bonchev–Trinajstić information content (AvgIpc) is 2.14. The summed E-state index contributed by atoms with van der Waals surface area (Å²) in [6, 6.07) is 1.29. The zero-order chi connectivity index (χ0) is 13.4. The Morgan fingerprint density at radius 1 is 0.941 bits per heavy atom. The van der Waals surface area contributed by atoms with Crippen molar-refractivity contribution in [2.75, 3.05) is 0 Å². The SMILES string of the molecule is Cc1c(C(F)(F)F)cc(CN)cc1C(F)(F)F. The number of alkyl halides is 6. The topological polar surface area (TPSA) is 26.0 Å². The van der Waals surface area contributed by atoms with Gasteiger partial charge in [0, 0.05) is 6.54 Å². The molecule has 2 N–H and O–H groups in total. The Hall–Kier alpha value is -1.24. The van der Waals surface area contributed by atoms with Crippen LogP contribution in [0.5, 0.6) is 0 Å². The van der Waals surface area contributed by atoms with Crippen LogP contribution in [0.4, 0.5) is 26.3 Å². The van der Waals surface area contributed by atoms with Crippen molar-refractivity contribution in [3.63, 3.8) is 0 Å². The minimum atomic E-state index is -4.82. The van der Waals surface area contributed by atoms with E-state index in [1.54, 1.807) is 0 Å². The monoisotopic (exact) mass is 257 g/mol. The van der Waals surface area contributed by atoms with Gasteiger partial charge in [-0.1, -0.05) is 0 Å². The van der Waals surface area contributed by atoms with Gasteiger partial charge in [-0.2, -0.15) is 26.3 Å². The Balaban J connectivity index is 3.53. The zero-order valence-corrected chi connectivity index (χ0v) is 8.71. The summed E-state index contributed by atoms with van der Waals surface area (Å²) in [6.07, 6.45) is -9.65. The molecule has 0 bridgehead atoms. The van der Waals surface area contributed by atoms with E-state index in [0.717, 1.165) is 6.92 Å². The second-order valence-electron chi connectivity index (χ2n) is 3.52. The smallest absolute Gasteiger partial charge is 0.326 e. The largest absolute Gasteiger partial charge is 0.416 e. The van der Waals surface area contributed by atoms with Gasteiger partial charge in [0.2, 0.25) is 0 Å². The molecular formula is C10H9F6N. The van der Waals surface area contributed by atoms with Crippen LogP contribution in [0.2, 0.25) is 0 Å². The fourth-order valence-electron chi connectivity index (χ4n) is 1.48. The van der Waals surface area contributed by atoms with Crippen molar-refractivity contribution in [1.29, 1.82) is 0 Å². The van der Waals surface area contributed by atoms with Crippen LogP contribution in [0.3, 0.4) is 0 Å². The highest BCUT2D eigenvalue weighted by atomic mass is 19.4. The Bertz CT molecular complexity index is 383. The first kappa shape index (κ1) is 13.8. The molecule has 0 radical (unpaired) electrons. The van der Waals surface area contributed by atoms with Crippen LogP contribution in [0.25, 0.3) is 0 Å². The highest BCUT2D eigenvalue weighted by Gasteiger charge is 2.39. The molecule has 0 saturated carbocycles. The van der Waals surface area contributed by atoms with Gasteiger partial charge in [-0.25, -0.2) is 0 Å². The van der Waals surface area contributed by atoms with E-state index in [-0.39, 0.29) is 12.1 Å². The third kappa shape index (κ3) is 2.91. The summed E-state index contributed by atoms with van der Waals surface area (Å²) in [5, 5.41) is 0. The third-order valence-corrected chi connectivity index (χ3v) is 2.31. The van der Waals surface area contributed by atoms with Crippen molar-refractivity contribution in [1.82, 2.24) is 0 Å². The number of hydrogen-bond donors (Lipinski definition) is 1. The van der Waals surface area contributed by atoms with Gasteiger partial charge in [-0.15, -0.1) is 0 Å². The van der Waals surface area contributed by atoms with Crippen LogP contribution in [-0.4, -0.2) is 0 Å². The maximum atomic E-state index is 12.5. The normalized spacial score (nSPS) is 12.9. The predicted octanol–water partition coefficient (Wildman–Crippen LogP) is 3.49. The number of rotatable bonds is 1. The van der Waals surface area contributed by atoms with Gasteiger partial charge < -0.3 is 5.73 Å². The highest BCUT2D eigenvalue weighted by Crippen LogP contribution is 2.39. The van der Waals surface area contributed by atoms with Gasteiger partial charge in [0.1, 0.15) is 0 Å². The first-order chi connectivity index (χ1) is 7.57. The Morgan fingerprint density at radius 2 is 1.29 bits per heavy atom. The second-order valence-corrected chi connectivity index (χ2v) is 3.52. The Kier molecular flexibility index (Phi) is 3.42. The lowest BCUT2D eigenvalue weighted by Crippen LogP contribution is -2.16. The maximum absolute atomic E-state index is 12.5. The molecule has 0 aliphatic carbocycles. The Labute approximate surface area is 93.2 Å². The van der Waals surface area contributed by atoms with Crippen LogP contribution in [0, 0.1) is 6.92 Å². The summed E-state index contributed by atoms with van der Waals surface area (Å²) in [6.45, 7) is 0.415. The fraction of sp³-hybridized carbons (Fsp3) is 0.400. The second kappa shape index (κ2) is 4.21. The van der Waals surface area contributed by atoms with Gasteiger partial charge in [0.05, 0.1) is 11.1 Å². The van der Waals surface area contributed by atoms with Crippen LogP contribution < -0.4 is 5.73 Å². The molecule has 7 heteroatoms. The van der Waals surface area contributed by atoms with Crippen LogP contribution >= 0.6 is 0 Å². The lowest BCUT2D eigenvalue weighted by molar-refractivity contribution is -0.144. The summed E-state index contributed by atoms with van der Waals surface area (Å²) in [4.78, 5) is 0. The summed E-state index contributed by atoms with van der Waals surface area (Å²) >= 11 is 0. The van der Waals surface area contributed by atoms with Crippen LogP contribution in [-0.2, 0) is 18.9 Å². The van der Waals surface area contributed by atoms with Crippen molar-refractivity contribution in [2.24, 2.45) is 5.73 Å². The summed E-state index contributed by atoms with van der Waals surface area (Å²) in [7, 11) is 0. The molecule has 1 rings (SSSR count). The number of nitrogens with two attached hydrogens (primary N) is 1. The van der Waals surface area contributed by atoms with Gasteiger partial charge in [0.25, 0.3) is 0 Å². The summed E-state index contributed by atoms with van der Waals surface area (Å²) in [5.41, 5.74) is 1.46. The third-order valence-electron chi connectivity index (χ3n) is 2.31. The van der Waals surface area contributed by atoms with Crippen molar-refractivity contribution < 1.29 is 26.3 Å². The molecule has 1 nitrogen and oxygen atoms in total. The van der Waals surface area contributed by atoms with Gasteiger partial charge in [-0.3, -0.25) is 0 Å². The van der Waals surface area contributed by atoms with E-state index in [4.69, 9.17) is 5.73 Å². The average molecular weight is 257 g/mol. The van der Waals surface area contributed by atoms with E-state index in [1.165, 1.54) is 0 Å². The van der Waals surface area contributed by atoms with E-state index < -0.39 is 29.0 Å². The van der Waals surface area contributed by atoms with Crippen molar-refractivity contribution in [3.05, 3.63) is 34.4 Å². The van der Waals surface area contributed by atoms with E-state index in [2.05, 4.69) is 0 Å². The minimum absolute atomic E-state index is 0.199. The highest BCUT2D eigenvalue weighted by molar-refractivity contribution is 5.41. The number of halogens is 6. The molecule has 0 aliphatic rings. The van der Waals surface area contributed by atoms with E-state index in [1.807, 2.05) is 0 Å². The summed E-state index contributed by atoms with van der Waals surface area (Å²) < 4.78 is 75.2. The number of benzene rings is 1. The molecule has 0 spiro atoms.